The number of hydrogen-bond donors (Lipinski definition) is 1. The number of anilines is 1. The lowest BCUT2D eigenvalue weighted by Gasteiger charge is -2.30. The molecule has 9 heteroatoms. The van der Waals surface area contributed by atoms with Crippen molar-refractivity contribution < 1.29 is 9.59 Å². The van der Waals surface area contributed by atoms with Gasteiger partial charge in [0.05, 0.1) is 0 Å². The van der Waals surface area contributed by atoms with Crippen molar-refractivity contribution in [1.82, 2.24) is 14.9 Å². The van der Waals surface area contributed by atoms with Gasteiger partial charge in [0, 0.05) is 50.5 Å². The number of thioether (sulfide) groups is 1. The normalized spacial score (nSPS) is 14.7. The van der Waals surface area contributed by atoms with Gasteiger partial charge in [0.1, 0.15) is 11.0 Å². The van der Waals surface area contributed by atoms with E-state index in [0.29, 0.717) is 47.6 Å². The summed E-state index contributed by atoms with van der Waals surface area (Å²) in [6.07, 6.45) is 1.26. The van der Waals surface area contributed by atoms with Crippen molar-refractivity contribution in [3.8, 4) is 0 Å². The molecule has 29 heavy (non-hydrogen) atoms. The van der Waals surface area contributed by atoms with Gasteiger partial charge < -0.3 is 15.5 Å². The summed E-state index contributed by atoms with van der Waals surface area (Å²) in [5.41, 5.74) is 7.06. The van der Waals surface area contributed by atoms with Crippen LogP contribution >= 0.6 is 23.4 Å². The molecule has 0 saturated carbocycles. The molecule has 2 amide bonds. The molecule has 0 aliphatic carbocycles. The number of piperidine rings is 1. The van der Waals surface area contributed by atoms with Crippen LogP contribution in [0.2, 0.25) is 5.15 Å². The molecule has 1 aromatic heterocycles. The van der Waals surface area contributed by atoms with E-state index in [0.717, 1.165) is 11.4 Å². The third kappa shape index (κ3) is 5.61. The summed E-state index contributed by atoms with van der Waals surface area (Å²) in [6, 6.07) is 9.27. The third-order valence-electron chi connectivity index (χ3n) is 4.87. The molecule has 0 atom stereocenters. The maximum absolute atomic E-state index is 12.7. The van der Waals surface area contributed by atoms with Crippen molar-refractivity contribution in [1.29, 1.82) is 0 Å². The molecule has 0 spiro atoms. The van der Waals surface area contributed by atoms with Crippen molar-refractivity contribution in [2.45, 2.75) is 23.8 Å². The molecule has 1 aromatic carbocycles. The first kappa shape index (κ1) is 21.4. The molecule has 0 bridgehead atoms. The molecule has 7 nitrogen and oxygen atoms in total. The Bertz CT molecular complexity index is 883. The Morgan fingerprint density at radius 2 is 1.86 bits per heavy atom. The van der Waals surface area contributed by atoms with Gasteiger partial charge in [-0.2, -0.15) is 0 Å². The van der Waals surface area contributed by atoms with Gasteiger partial charge in [-0.3, -0.25) is 9.59 Å². The van der Waals surface area contributed by atoms with Gasteiger partial charge in [0.25, 0.3) is 5.91 Å². The summed E-state index contributed by atoms with van der Waals surface area (Å²) < 4.78 is 0. The summed E-state index contributed by atoms with van der Waals surface area (Å²) in [7, 11) is 3.80. The minimum absolute atomic E-state index is 0.0130. The van der Waals surface area contributed by atoms with Gasteiger partial charge in [-0.25, -0.2) is 9.97 Å². The lowest BCUT2D eigenvalue weighted by atomic mass is 9.96. The molecule has 1 aliphatic rings. The fourth-order valence-electron chi connectivity index (χ4n) is 3.12. The highest BCUT2D eigenvalue weighted by atomic mass is 35.5. The molecule has 0 unspecified atom stereocenters. The fraction of sp³-hybridized carbons (Fsp3) is 0.400. The molecule has 3 rings (SSSR count). The van der Waals surface area contributed by atoms with E-state index in [1.807, 2.05) is 43.3 Å². The van der Waals surface area contributed by atoms with Gasteiger partial charge in [0.15, 0.2) is 5.16 Å². The van der Waals surface area contributed by atoms with Crippen LogP contribution in [0.25, 0.3) is 0 Å². The van der Waals surface area contributed by atoms with Gasteiger partial charge in [-0.15, -0.1) is 0 Å². The number of likely N-dealkylation sites (tertiary alicyclic amines) is 1. The number of nitrogens with zero attached hydrogens (tertiary/aromatic N) is 4. The number of benzene rings is 1. The number of primary amides is 1. The van der Waals surface area contributed by atoms with E-state index in [9.17, 15) is 9.59 Å². The first-order valence-corrected chi connectivity index (χ1v) is 10.7. The topological polar surface area (TPSA) is 92.4 Å². The van der Waals surface area contributed by atoms with E-state index >= 15 is 0 Å². The highest BCUT2D eigenvalue weighted by Gasteiger charge is 2.26. The van der Waals surface area contributed by atoms with Crippen LogP contribution in [0.15, 0.2) is 35.5 Å². The summed E-state index contributed by atoms with van der Waals surface area (Å²) in [4.78, 5) is 36.3. The lowest BCUT2D eigenvalue weighted by molar-refractivity contribution is -0.123. The van der Waals surface area contributed by atoms with Gasteiger partial charge >= 0.3 is 0 Å². The molecule has 2 N–H and O–H groups in total. The molecule has 154 valence electrons. The second-order valence-corrected chi connectivity index (χ2v) is 8.51. The maximum Gasteiger partial charge on any atom is 0.253 e. The van der Waals surface area contributed by atoms with Crippen LogP contribution in [0.3, 0.4) is 0 Å². The van der Waals surface area contributed by atoms with Crippen molar-refractivity contribution >= 4 is 41.0 Å². The van der Waals surface area contributed by atoms with E-state index in [1.165, 1.54) is 11.8 Å². The second kappa shape index (κ2) is 9.45. The fourth-order valence-corrected chi connectivity index (χ4v) is 4.16. The Hall–Kier alpha value is -2.32. The van der Waals surface area contributed by atoms with E-state index in [4.69, 9.17) is 17.3 Å². The number of carbonyl (C=O) groups is 2. The van der Waals surface area contributed by atoms with Crippen LogP contribution in [-0.2, 0) is 10.5 Å². The largest absolute Gasteiger partial charge is 0.369 e. The smallest absolute Gasteiger partial charge is 0.253 e. The van der Waals surface area contributed by atoms with E-state index in [1.54, 1.807) is 11.0 Å². The third-order valence-corrected chi connectivity index (χ3v) is 5.98. The van der Waals surface area contributed by atoms with E-state index < -0.39 is 0 Å². The van der Waals surface area contributed by atoms with Crippen molar-refractivity contribution in [3.05, 3.63) is 46.6 Å². The van der Waals surface area contributed by atoms with Gasteiger partial charge in [0.2, 0.25) is 5.91 Å². The predicted octanol–water partition coefficient (Wildman–Crippen LogP) is 2.83. The number of rotatable bonds is 6. The van der Waals surface area contributed by atoms with E-state index in [-0.39, 0.29) is 17.7 Å². The Labute approximate surface area is 179 Å². The zero-order valence-electron chi connectivity index (χ0n) is 16.5. The molecule has 1 aliphatic heterocycles. The van der Waals surface area contributed by atoms with Crippen LogP contribution in [0.4, 0.5) is 5.82 Å². The minimum atomic E-state index is -0.277. The van der Waals surface area contributed by atoms with Crippen molar-refractivity contribution in [2.24, 2.45) is 11.7 Å². The summed E-state index contributed by atoms with van der Waals surface area (Å²) in [5, 5.41) is 1.02. The zero-order chi connectivity index (χ0) is 21.0. The van der Waals surface area contributed by atoms with Crippen LogP contribution in [0.1, 0.15) is 28.8 Å². The van der Waals surface area contributed by atoms with Gasteiger partial charge in [-0.1, -0.05) is 35.5 Å². The zero-order valence-corrected chi connectivity index (χ0v) is 18.0. The number of amides is 2. The minimum Gasteiger partial charge on any atom is -0.369 e. The quantitative estimate of drug-likeness (QED) is 0.427. The van der Waals surface area contributed by atoms with Crippen LogP contribution in [0.5, 0.6) is 0 Å². The number of aromatic nitrogens is 2. The SMILES string of the molecule is CN(C)c1cc(Cl)nc(SCc2ccc(C(=O)N3CCC(C(N)=O)CC3)cc2)n1. The van der Waals surface area contributed by atoms with Crippen molar-refractivity contribution in [2.75, 3.05) is 32.1 Å². The molecule has 2 aromatic rings. The molecular weight excluding hydrogens is 410 g/mol. The van der Waals surface area contributed by atoms with Crippen molar-refractivity contribution in [3.63, 3.8) is 0 Å². The molecule has 1 fully saturated rings. The standard InChI is InChI=1S/C20H24ClN5O2S/c1-25(2)17-11-16(21)23-20(24-17)29-12-13-3-5-15(6-4-13)19(28)26-9-7-14(8-10-26)18(22)27/h3-6,11,14H,7-10,12H2,1-2H3,(H2,22,27). The first-order valence-electron chi connectivity index (χ1n) is 9.35. The maximum atomic E-state index is 12.7. The lowest BCUT2D eigenvalue weighted by Crippen LogP contribution is -2.41. The summed E-state index contributed by atoms with van der Waals surface area (Å²) >= 11 is 7.56. The highest BCUT2D eigenvalue weighted by Crippen LogP contribution is 2.24. The van der Waals surface area contributed by atoms with Crippen LogP contribution < -0.4 is 10.6 Å². The first-order chi connectivity index (χ1) is 13.8. The molecule has 0 radical (unpaired) electrons. The summed E-state index contributed by atoms with van der Waals surface area (Å²) in [6.45, 7) is 1.12. The Morgan fingerprint density at radius 1 is 1.21 bits per heavy atom. The second-order valence-electron chi connectivity index (χ2n) is 7.18. The predicted molar refractivity (Wildman–Crippen MR) is 115 cm³/mol. The Kier molecular flexibility index (Phi) is 6.97. The Balaban J connectivity index is 1.58. The number of carbonyl (C=O) groups excluding carboxylic acids is 2. The molecule has 2 heterocycles. The number of nitrogens with two attached hydrogens (primary N) is 1. The van der Waals surface area contributed by atoms with E-state index in [2.05, 4.69) is 9.97 Å². The molecular formula is C20H24ClN5O2S. The average molecular weight is 434 g/mol. The summed E-state index contributed by atoms with van der Waals surface area (Å²) in [5.74, 6) is 1.01. The number of halogens is 1. The average Bonchev–Trinajstić information content (AvgIpc) is 2.71. The number of hydrogen-bond acceptors (Lipinski definition) is 6. The molecule has 1 saturated heterocycles. The van der Waals surface area contributed by atoms with Gasteiger partial charge in [-0.05, 0) is 30.5 Å². The monoisotopic (exact) mass is 433 g/mol. The Morgan fingerprint density at radius 3 is 2.45 bits per heavy atom. The van der Waals surface area contributed by atoms with Crippen LogP contribution in [0, 0.1) is 5.92 Å². The highest BCUT2D eigenvalue weighted by molar-refractivity contribution is 7.98. The van der Waals surface area contributed by atoms with Crippen LogP contribution in [-0.4, -0.2) is 53.9 Å².